The van der Waals surface area contributed by atoms with Gasteiger partial charge < -0.3 is 25.1 Å². The maximum absolute atomic E-state index is 13.6. The fourth-order valence-electron chi connectivity index (χ4n) is 5.83. The quantitative estimate of drug-likeness (QED) is 0.0880. The van der Waals surface area contributed by atoms with E-state index < -0.39 is 6.04 Å². The second kappa shape index (κ2) is 15.0. The number of benzene rings is 3. The van der Waals surface area contributed by atoms with Crippen molar-refractivity contribution >= 4 is 34.4 Å². The number of carbonyl (C=O) groups excluding carboxylic acids is 2. The summed E-state index contributed by atoms with van der Waals surface area (Å²) in [7, 11) is 0. The van der Waals surface area contributed by atoms with Crippen LogP contribution in [0.3, 0.4) is 0 Å². The first kappa shape index (κ1) is 31.3. The molecule has 232 valence electrons. The normalized spacial score (nSPS) is 16.1. The molecule has 5 rings (SSSR count). The lowest BCUT2D eigenvalue weighted by atomic mass is 9.86. The van der Waals surface area contributed by atoms with Crippen molar-refractivity contribution in [2.75, 3.05) is 25.0 Å². The molecule has 45 heavy (non-hydrogen) atoms. The molecule has 10 heteroatoms. The molecule has 1 aliphatic heterocycles. The van der Waals surface area contributed by atoms with E-state index in [0.29, 0.717) is 31.6 Å². The van der Waals surface area contributed by atoms with Crippen molar-refractivity contribution in [2.24, 2.45) is 4.99 Å². The highest BCUT2D eigenvalue weighted by Gasteiger charge is 2.29. The molecule has 0 aliphatic carbocycles. The number of aliphatic imine (C=N–C) groups is 1. The smallest absolute Gasteiger partial charge is 0.247 e. The number of likely N-dealkylation sites (tertiary alicyclic amines) is 1. The van der Waals surface area contributed by atoms with E-state index in [2.05, 4.69) is 20.9 Å². The van der Waals surface area contributed by atoms with Crippen LogP contribution in [-0.4, -0.2) is 53.5 Å². The van der Waals surface area contributed by atoms with E-state index in [-0.39, 0.29) is 36.8 Å². The Morgan fingerprint density at radius 2 is 1.91 bits per heavy atom. The predicted molar refractivity (Wildman–Crippen MR) is 173 cm³/mol. The number of anilines is 1. The van der Waals surface area contributed by atoms with Crippen LogP contribution in [0, 0.1) is 18.4 Å². The Morgan fingerprint density at radius 1 is 1.11 bits per heavy atom. The number of carbonyl (C=O) groups is 2. The Balaban J connectivity index is 1.25. The van der Waals surface area contributed by atoms with Crippen molar-refractivity contribution in [3.05, 3.63) is 101 Å². The SMILES string of the molecule is Cc1cc2cc(NC(=N[C@H]3CCCCN(CC(=O)NCc4ccccc4C(CCO)c4ccccc4)C3=O)NC#N)ccc2o1. The number of nitriles is 1. The predicted octanol–water partition coefficient (Wildman–Crippen LogP) is 4.79. The number of guanidine groups is 1. The van der Waals surface area contributed by atoms with E-state index in [1.165, 1.54) is 0 Å². The van der Waals surface area contributed by atoms with E-state index in [0.717, 1.165) is 46.3 Å². The summed E-state index contributed by atoms with van der Waals surface area (Å²) in [6.45, 7) is 2.58. The number of aliphatic hydroxyl groups is 1. The van der Waals surface area contributed by atoms with E-state index in [1.54, 1.807) is 4.90 Å². The van der Waals surface area contributed by atoms with Gasteiger partial charge in [0.05, 0.1) is 6.54 Å². The highest BCUT2D eigenvalue weighted by molar-refractivity contribution is 5.98. The van der Waals surface area contributed by atoms with Crippen LogP contribution >= 0.6 is 0 Å². The number of amides is 2. The Labute approximate surface area is 262 Å². The summed E-state index contributed by atoms with van der Waals surface area (Å²) in [6, 6.07) is 24.6. The van der Waals surface area contributed by atoms with Crippen LogP contribution in [-0.2, 0) is 16.1 Å². The zero-order chi connectivity index (χ0) is 31.6. The molecule has 1 aliphatic rings. The van der Waals surface area contributed by atoms with Gasteiger partial charge in [-0.2, -0.15) is 5.26 Å². The molecular weight excluding hydrogens is 568 g/mol. The van der Waals surface area contributed by atoms with Gasteiger partial charge in [0, 0.05) is 36.7 Å². The van der Waals surface area contributed by atoms with Crippen molar-refractivity contribution in [1.82, 2.24) is 15.5 Å². The first-order chi connectivity index (χ1) is 21.9. The molecule has 1 aromatic heterocycles. The molecule has 3 aromatic carbocycles. The van der Waals surface area contributed by atoms with Gasteiger partial charge in [-0.25, -0.2) is 4.99 Å². The summed E-state index contributed by atoms with van der Waals surface area (Å²) in [5.74, 6) is 0.426. The van der Waals surface area contributed by atoms with Crippen LogP contribution in [0.2, 0.25) is 0 Å². The van der Waals surface area contributed by atoms with Gasteiger partial charge in [-0.15, -0.1) is 0 Å². The molecule has 0 bridgehead atoms. The second-order valence-corrected chi connectivity index (χ2v) is 11.2. The number of hydrogen-bond donors (Lipinski definition) is 4. The van der Waals surface area contributed by atoms with Crippen LogP contribution < -0.4 is 16.0 Å². The average molecular weight is 607 g/mol. The van der Waals surface area contributed by atoms with Crippen molar-refractivity contribution in [1.29, 1.82) is 5.26 Å². The van der Waals surface area contributed by atoms with Crippen LogP contribution in [0.15, 0.2) is 88.3 Å². The first-order valence-electron chi connectivity index (χ1n) is 15.2. The van der Waals surface area contributed by atoms with Crippen molar-refractivity contribution in [2.45, 2.75) is 51.1 Å². The molecule has 2 amide bonds. The molecule has 0 saturated carbocycles. The molecule has 0 radical (unpaired) electrons. The van der Waals surface area contributed by atoms with Crippen molar-refractivity contribution in [3.8, 4) is 6.19 Å². The number of furan rings is 1. The number of fused-ring (bicyclic) bond motifs is 1. The largest absolute Gasteiger partial charge is 0.461 e. The highest BCUT2D eigenvalue weighted by atomic mass is 16.3. The minimum absolute atomic E-state index is 0.00866. The number of aliphatic hydroxyl groups excluding tert-OH is 1. The van der Waals surface area contributed by atoms with Crippen LogP contribution in [0.1, 0.15) is 54.1 Å². The molecule has 10 nitrogen and oxygen atoms in total. The van der Waals surface area contributed by atoms with Gasteiger partial charge in [0.25, 0.3) is 0 Å². The Hall–Kier alpha value is -5.14. The molecule has 4 N–H and O–H groups in total. The van der Waals surface area contributed by atoms with Gasteiger partial charge in [0.2, 0.25) is 17.8 Å². The van der Waals surface area contributed by atoms with E-state index in [4.69, 9.17) is 4.42 Å². The third kappa shape index (κ3) is 8.08. The van der Waals surface area contributed by atoms with Crippen LogP contribution in [0.25, 0.3) is 11.0 Å². The topological polar surface area (TPSA) is 143 Å². The van der Waals surface area contributed by atoms with E-state index in [9.17, 15) is 20.0 Å². The van der Waals surface area contributed by atoms with Gasteiger partial charge in [-0.05, 0) is 73.6 Å². The molecule has 0 spiro atoms. The fraction of sp³-hybridized carbons (Fsp3) is 0.314. The lowest BCUT2D eigenvalue weighted by Crippen LogP contribution is -2.44. The molecule has 4 aromatic rings. The van der Waals surface area contributed by atoms with Gasteiger partial charge in [-0.3, -0.25) is 14.9 Å². The molecule has 1 fully saturated rings. The molecule has 2 atom stereocenters. The summed E-state index contributed by atoms with van der Waals surface area (Å²) in [4.78, 5) is 32.8. The Bertz CT molecular complexity index is 1690. The number of nitrogens with zero attached hydrogens (tertiary/aromatic N) is 3. The summed E-state index contributed by atoms with van der Waals surface area (Å²) in [5.41, 5.74) is 4.55. The monoisotopic (exact) mass is 606 g/mol. The standard InChI is InChI=1S/C35H38N6O4/c1-24-19-27-20-28(14-15-32(27)45-24)39-35(38-23-36)40-31-13-7-8-17-41(34(31)44)22-33(43)37-21-26-11-5-6-12-29(26)30(16-18-42)25-9-3-2-4-10-25/h2-6,9-12,14-15,19-20,30-31,42H,7-8,13,16-18,21-22H2,1H3,(H,37,43)(H2,38,39,40)/t30?,31-/m0/s1. The number of rotatable bonds is 10. The molecular formula is C35H38N6O4. The summed E-state index contributed by atoms with van der Waals surface area (Å²) in [5, 5.41) is 28.7. The number of nitrogens with one attached hydrogen (secondary N) is 3. The number of aryl methyl sites for hydroxylation is 1. The van der Waals surface area contributed by atoms with Gasteiger partial charge >= 0.3 is 0 Å². The minimum atomic E-state index is -0.741. The van der Waals surface area contributed by atoms with E-state index >= 15 is 0 Å². The van der Waals surface area contributed by atoms with Crippen molar-refractivity contribution < 1.29 is 19.1 Å². The third-order valence-electron chi connectivity index (χ3n) is 7.97. The summed E-state index contributed by atoms with van der Waals surface area (Å²) in [6.07, 6.45) is 4.47. The average Bonchev–Trinajstić information content (AvgIpc) is 3.34. The van der Waals surface area contributed by atoms with Crippen molar-refractivity contribution in [3.63, 3.8) is 0 Å². The third-order valence-corrected chi connectivity index (χ3v) is 7.97. The summed E-state index contributed by atoms with van der Waals surface area (Å²) < 4.78 is 5.64. The fourth-order valence-corrected chi connectivity index (χ4v) is 5.83. The van der Waals surface area contributed by atoms with Crippen LogP contribution in [0.4, 0.5) is 5.69 Å². The highest BCUT2D eigenvalue weighted by Crippen LogP contribution is 2.30. The van der Waals surface area contributed by atoms with Crippen LogP contribution in [0.5, 0.6) is 0 Å². The zero-order valence-corrected chi connectivity index (χ0v) is 25.3. The zero-order valence-electron chi connectivity index (χ0n) is 25.3. The Kier molecular flexibility index (Phi) is 10.5. The Morgan fingerprint density at radius 3 is 2.71 bits per heavy atom. The maximum atomic E-state index is 13.6. The first-order valence-corrected chi connectivity index (χ1v) is 15.2. The lowest BCUT2D eigenvalue weighted by Gasteiger charge is -2.23. The van der Waals surface area contributed by atoms with E-state index in [1.807, 2.05) is 92.0 Å². The molecule has 1 saturated heterocycles. The van der Waals surface area contributed by atoms with Gasteiger partial charge in [-0.1, -0.05) is 54.6 Å². The lowest BCUT2D eigenvalue weighted by molar-refractivity contribution is -0.136. The molecule has 2 heterocycles. The molecule has 1 unspecified atom stereocenters. The maximum Gasteiger partial charge on any atom is 0.247 e. The minimum Gasteiger partial charge on any atom is -0.461 e. The summed E-state index contributed by atoms with van der Waals surface area (Å²) >= 11 is 0. The number of hydrogen-bond acceptors (Lipinski definition) is 6. The van der Waals surface area contributed by atoms with Gasteiger partial charge in [0.15, 0.2) is 6.19 Å². The van der Waals surface area contributed by atoms with Gasteiger partial charge in [0.1, 0.15) is 17.4 Å². The second-order valence-electron chi connectivity index (χ2n) is 11.2.